The van der Waals surface area contributed by atoms with E-state index in [-0.39, 0.29) is 5.69 Å². The van der Waals surface area contributed by atoms with Gasteiger partial charge in [0.2, 0.25) is 0 Å². The van der Waals surface area contributed by atoms with Gasteiger partial charge in [0.15, 0.2) is 0 Å². The van der Waals surface area contributed by atoms with Crippen molar-refractivity contribution in [3.63, 3.8) is 0 Å². The number of thiazole rings is 1. The molecule has 0 bridgehead atoms. The van der Waals surface area contributed by atoms with Crippen LogP contribution in [0, 0.1) is 18.3 Å². The Kier molecular flexibility index (Phi) is 3.05. The van der Waals surface area contributed by atoms with Crippen molar-refractivity contribution in [2.45, 2.75) is 13.3 Å². The Bertz CT molecular complexity index is 871. The third-order valence-electron chi connectivity index (χ3n) is 3.05. The second kappa shape index (κ2) is 4.87. The SMILES string of the molecule is Cc1nnc(=O)n2c(Cc3ccc(C#N)cc3)csc12. The Morgan fingerprint density at radius 1 is 1.30 bits per heavy atom. The van der Waals surface area contributed by atoms with E-state index in [1.165, 1.54) is 11.3 Å². The Morgan fingerprint density at radius 2 is 2.05 bits per heavy atom. The molecule has 20 heavy (non-hydrogen) atoms. The topological polar surface area (TPSA) is 71.1 Å². The smallest absolute Gasteiger partial charge is 0.251 e. The number of rotatable bonds is 2. The van der Waals surface area contributed by atoms with Crippen LogP contribution in [0.2, 0.25) is 0 Å². The van der Waals surface area contributed by atoms with Crippen LogP contribution in [-0.2, 0) is 6.42 Å². The number of hydrogen-bond acceptors (Lipinski definition) is 5. The van der Waals surface area contributed by atoms with E-state index < -0.39 is 0 Å². The highest BCUT2D eigenvalue weighted by atomic mass is 32.1. The summed E-state index contributed by atoms with van der Waals surface area (Å²) in [6.45, 7) is 1.84. The molecule has 0 radical (unpaired) electrons. The van der Waals surface area contributed by atoms with E-state index in [0.717, 1.165) is 21.8 Å². The molecule has 0 aliphatic rings. The molecule has 1 aromatic carbocycles. The molecule has 0 fully saturated rings. The van der Waals surface area contributed by atoms with E-state index in [9.17, 15) is 4.79 Å². The van der Waals surface area contributed by atoms with Gasteiger partial charge in [0.25, 0.3) is 0 Å². The predicted molar refractivity (Wildman–Crippen MR) is 75.8 cm³/mol. The van der Waals surface area contributed by atoms with Crippen molar-refractivity contribution in [2.75, 3.05) is 0 Å². The van der Waals surface area contributed by atoms with Gasteiger partial charge in [-0.15, -0.1) is 16.4 Å². The molecule has 0 atom stereocenters. The number of nitrogens with zero attached hydrogens (tertiary/aromatic N) is 4. The minimum Gasteiger partial charge on any atom is -0.251 e. The second-order valence-electron chi connectivity index (χ2n) is 4.42. The molecular formula is C14H10N4OS. The highest BCUT2D eigenvalue weighted by Gasteiger charge is 2.10. The molecule has 3 rings (SSSR count). The van der Waals surface area contributed by atoms with Crippen molar-refractivity contribution >= 4 is 16.2 Å². The van der Waals surface area contributed by atoms with Gasteiger partial charge >= 0.3 is 5.69 Å². The summed E-state index contributed by atoms with van der Waals surface area (Å²) in [5.41, 5.74) is 2.96. The first-order valence-electron chi connectivity index (χ1n) is 6.00. The molecule has 0 unspecified atom stereocenters. The molecule has 0 saturated carbocycles. The minimum absolute atomic E-state index is 0.351. The van der Waals surface area contributed by atoms with Crippen molar-refractivity contribution in [1.29, 1.82) is 5.26 Å². The lowest BCUT2D eigenvalue weighted by molar-refractivity contribution is 0.838. The molecule has 98 valence electrons. The number of fused-ring (bicyclic) bond motifs is 1. The molecule has 0 saturated heterocycles. The van der Waals surface area contributed by atoms with Gasteiger partial charge in [-0.05, 0) is 24.6 Å². The average molecular weight is 282 g/mol. The van der Waals surface area contributed by atoms with Crippen molar-refractivity contribution in [1.82, 2.24) is 14.6 Å². The zero-order chi connectivity index (χ0) is 14.1. The van der Waals surface area contributed by atoms with Crippen molar-refractivity contribution in [3.05, 3.63) is 62.6 Å². The monoisotopic (exact) mass is 282 g/mol. The lowest BCUT2D eigenvalue weighted by Gasteiger charge is -2.02. The van der Waals surface area contributed by atoms with Crippen LogP contribution in [-0.4, -0.2) is 14.6 Å². The first-order valence-corrected chi connectivity index (χ1v) is 6.88. The van der Waals surface area contributed by atoms with Crippen LogP contribution in [0.3, 0.4) is 0 Å². The van der Waals surface area contributed by atoms with Crippen molar-refractivity contribution < 1.29 is 0 Å². The minimum atomic E-state index is -0.351. The van der Waals surface area contributed by atoms with E-state index in [1.54, 1.807) is 16.5 Å². The second-order valence-corrected chi connectivity index (χ2v) is 5.28. The molecule has 0 amide bonds. The van der Waals surface area contributed by atoms with Crippen LogP contribution in [0.1, 0.15) is 22.5 Å². The summed E-state index contributed by atoms with van der Waals surface area (Å²) in [4.78, 5) is 12.7. The number of hydrogen-bond donors (Lipinski definition) is 0. The Balaban J connectivity index is 2.05. The molecule has 0 aliphatic heterocycles. The van der Waals surface area contributed by atoms with Gasteiger partial charge in [0.1, 0.15) is 4.83 Å². The van der Waals surface area contributed by atoms with Gasteiger partial charge < -0.3 is 0 Å². The van der Waals surface area contributed by atoms with Crippen LogP contribution in [0.25, 0.3) is 4.83 Å². The summed E-state index contributed by atoms with van der Waals surface area (Å²) in [7, 11) is 0. The third kappa shape index (κ3) is 2.08. The molecule has 3 aromatic rings. The molecule has 6 heteroatoms. The lowest BCUT2D eigenvalue weighted by Crippen LogP contribution is -2.20. The molecule has 0 aliphatic carbocycles. The van der Waals surface area contributed by atoms with Crippen LogP contribution in [0.5, 0.6) is 0 Å². The standard InChI is InChI=1S/C14H10N4OS/c1-9-13-18(14(19)17-16-9)12(8-20-13)6-10-2-4-11(7-15)5-3-10/h2-5,8H,6H2,1H3. The molecule has 2 aromatic heterocycles. The lowest BCUT2D eigenvalue weighted by atomic mass is 10.1. The fraction of sp³-hybridized carbons (Fsp3) is 0.143. The van der Waals surface area contributed by atoms with Crippen molar-refractivity contribution in [3.8, 4) is 6.07 Å². The summed E-state index contributed by atoms with van der Waals surface area (Å²) >= 11 is 1.49. The van der Waals surface area contributed by atoms with Gasteiger partial charge in [-0.2, -0.15) is 5.26 Å². The maximum atomic E-state index is 11.9. The van der Waals surface area contributed by atoms with Gasteiger partial charge in [-0.3, -0.25) is 4.40 Å². The highest BCUT2D eigenvalue weighted by Crippen LogP contribution is 2.19. The maximum Gasteiger partial charge on any atom is 0.371 e. The number of benzene rings is 1. The normalized spacial score (nSPS) is 10.6. The Morgan fingerprint density at radius 3 is 2.75 bits per heavy atom. The fourth-order valence-electron chi connectivity index (χ4n) is 2.05. The maximum absolute atomic E-state index is 11.9. The highest BCUT2D eigenvalue weighted by molar-refractivity contribution is 7.15. The van der Waals surface area contributed by atoms with E-state index in [4.69, 9.17) is 5.26 Å². The van der Waals surface area contributed by atoms with Crippen LogP contribution in [0.15, 0.2) is 34.4 Å². The van der Waals surface area contributed by atoms with E-state index in [1.807, 2.05) is 24.4 Å². The fourth-order valence-corrected chi connectivity index (χ4v) is 3.00. The van der Waals surface area contributed by atoms with Crippen molar-refractivity contribution in [2.24, 2.45) is 0 Å². The zero-order valence-corrected chi connectivity index (χ0v) is 11.5. The summed E-state index contributed by atoms with van der Waals surface area (Å²) in [5, 5.41) is 18.2. The number of nitriles is 1. The summed E-state index contributed by atoms with van der Waals surface area (Å²) in [5.74, 6) is 0. The van der Waals surface area contributed by atoms with E-state index >= 15 is 0 Å². The van der Waals surface area contributed by atoms with Gasteiger partial charge in [-0.25, -0.2) is 4.79 Å². The number of aryl methyl sites for hydroxylation is 1. The van der Waals surface area contributed by atoms with Gasteiger partial charge in [0.05, 0.1) is 17.3 Å². The molecule has 0 N–H and O–H groups in total. The molecule has 2 heterocycles. The summed E-state index contributed by atoms with van der Waals surface area (Å²) in [6, 6.07) is 9.43. The Hall–Kier alpha value is -2.52. The first-order chi connectivity index (χ1) is 9.69. The van der Waals surface area contributed by atoms with Crippen LogP contribution in [0.4, 0.5) is 0 Å². The largest absolute Gasteiger partial charge is 0.371 e. The van der Waals surface area contributed by atoms with Crippen LogP contribution >= 0.6 is 11.3 Å². The molecule has 0 spiro atoms. The summed E-state index contributed by atoms with van der Waals surface area (Å²) in [6.07, 6.45) is 0.622. The number of aromatic nitrogens is 3. The van der Waals surface area contributed by atoms with E-state index in [2.05, 4.69) is 16.3 Å². The Labute approximate surface area is 118 Å². The quantitative estimate of drug-likeness (QED) is 0.720. The average Bonchev–Trinajstić information content (AvgIpc) is 2.89. The van der Waals surface area contributed by atoms with Gasteiger partial charge in [-0.1, -0.05) is 17.2 Å². The summed E-state index contributed by atoms with van der Waals surface area (Å²) < 4.78 is 1.60. The van der Waals surface area contributed by atoms with Crippen LogP contribution < -0.4 is 5.69 Å². The van der Waals surface area contributed by atoms with Gasteiger partial charge in [0, 0.05) is 17.5 Å². The molecular weight excluding hydrogens is 272 g/mol. The van der Waals surface area contributed by atoms with E-state index in [0.29, 0.717) is 12.0 Å². The predicted octanol–water partition coefficient (Wildman–Crippen LogP) is 1.92. The first kappa shape index (κ1) is 12.5. The third-order valence-corrected chi connectivity index (χ3v) is 4.14. The zero-order valence-electron chi connectivity index (χ0n) is 10.7. The molecule has 5 nitrogen and oxygen atoms in total.